The lowest BCUT2D eigenvalue weighted by molar-refractivity contribution is 0.304. The molecule has 0 radical (unpaired) electrons. The van der Waals surface area contributed by atoms with Crippen LogP contribution in [0, 0.1) is 0 Å². The van der Waals surface area contributed by atoms with Crippen LogP contribution in [0.3, 0.4) is 0 Å². The molecule has 3 nitrogen and oxygen atoms in total. The molecule has 0 aliphatic heterocycles. The van der Waals surface area contributed by atoms with E-state index >= 15 is 0 Å². The molecule has 18 heavy (non-hydrogen) atoms. The molecule has 0 fully saturated rings. The Balaban J connectivity index is 2.13. The van der Waals surface area contributed by atoms with E-state index in [1.165, 1.54) is 0 Å². The summed E-state index contributed by atoms with van der Waals surface area (Å²) in [7, 11) is 1.65. The summed E-state index contributed by atoms with van der Waals surface area (Å²) in [5, 5.41) is 3.40. The van der Waals surface area contributed by atoms with Crippen LogP contribution in [0.1, 0.15) is 19.8 Å². The first-order valence-electron chi connectivity index (χ1n) is 6.32. The average molecular weight is 272 g/mol. The van der Waals surface area contributed by atoms with Crippen LogP contribution in [0.4, 0.5) is 0 Å². The van der Waals surface area contributed by atoms with Gasteiger partial charge in [0.25, 0.3) is 0 Å². The van der Waals surface area contributed by atoms with Crippen LogP contribution < -0.4 is 14.8 Å². The number of ether oxygens (including phenoxy) is 2. The maximum Gasteiger partial charge on any atom is 0.119 e. The number of hydrogen-bond donors (Lipinski definition) is 1. The molecule has 0 saturated carbocycles. The minimum Gasteiger partial charge on any atom is -0.497 e. The Labute approximate surface area is 114 Å². The zero-order valence-electron chi connectivity index (χ0n) is 11.1. The molecule has 0 aliphatic rings. The van der Waals surface area contributed by atoms with Gasteiger partial charge in [0, 0.05) is 18.5 Å². The summed E-state index contributed by atoms with van der Waals surface area (Å²) in [4.78, 5) is 0. The molecule has 1 rings (SSSR count). The maximum atomic E-state index is 5.65. The van der Waals surface area contributed by atoms with Crippen LogP contribution in [-0.2, 0) is 0 Å². The molecule has 1 atom stereocenters. The fourth-order valence-electron chi connectivity index (χ4n) is 1.63. The molecule has 1 aromatic carbocycles. The van der Waals surface area contributed by atoms with Crippen LogP contribution >= 0.6 is 11.6 Å². The zero-order valence-corrected chi connectivity index (χ0v) is 11.9. The number of rotatable bonds is 9. The van der Waals surface area contributed by atoms with Gasteiger partial charge in [-0.2, -0.15) is 0 Å². The van der Waals surface area contributed by atoms with Crippen molar-refractivity contribution in [2.75, 3.05) is 26.1 Å². The van der Waals surface area contributed by atoms with Gasteiger partial charge in [-0.3, -0.25) is 0 Å². The minimum atomic E-state index is 0.489. The summed E-state index contributed by atoms with van der Waals surface area (Å²) in [6.45, 7) is 3.67. The van der Waals surface area contributed by atoms with Crippen molar-refractivity contribution in [3.63, 3.8) is 0 Å². The van der Waals surface area contributed by atoms with Crippen molar-refractivity contribution >= 4 is 11.6 Å². The summed E-state index contributed by atoms with van der Waals surface area (Å²) < 4.78 is 10.7. The van der Waals surface area contributed by atoms with Gasteiger partial charge < -0.3 is 14.8 Å². The molecule has 4 heteroatoms. The Bertz CT molecular complexity index is 316. The maximum absolute atomic E-state index is 5.65. The Hall–Kier alpha value is -0.930. The van der Waals surface area contributed by atoms with Gasteiger partial charge in [-0.25, -0.2) is 0 Å². The Morgan fingerprint density at radius 1 is 1.22 bits per heavy atom. The van der Waals surface area contributed by atoms with Crippen molar-refractivity contribution < 1.29 is 9.47 Å². The second-order valence-corrected chi connectivity index (χ2v) is 4.59. The molecular weight excluding hydrogens is 250 g/mol. The fourth-order valence-corrected chi connectivity index (χ4v) is 1.79. The first-order chi connectivity index (χ1) is 8.76. The molecule has 0 bridgehead atoms. The van der Waals surface area contributed by atoms with Gasteiger partial charge in [0.1, 0.15) is 18.1 Å². The lowest BCUT2D eigenvalue weighted by atomic mass is 10.2. The SMILES string of the molecule is COc1ccc(OCCNC(C)CCCCl)cc1. The molecule has 1 unspecified atom stereocenters. The molecule has 0 spiro atoms. The fraction of sp³-hybridized carbons (Fsp3) is 0.571. The summed E-state index contributed by atoms with van der Waals surface area (Å²) >= 11 is 5.65. The Morgan fingerprint density at radius 3 is 2.50 bits per heavy atom. The van der Waals surface area contributed by atoms with Crippen LogP contribution in [0.25, 0.3) is 0 Å². The molecule has 0 heterocycles. The third kappa shape index (κ3) is 6.12. The molecule has 1 aromatic rings. The Kier molecular flexibility index (Phi) is 7.62. The predicted molar refractivity (Wildman–Crippen MR) is 75.9 cm³/mol. The van der Waals surface area contributed by atoms with Crippen LogP contribution in [-0.4, -0.2) is 32.2 Å². The van der Waals surface area contributed by atoms with Crippen molar-refractivity contribution in [1.29, 1.82) is 0 Å². The summed E-state index contributed by atoms with van der Waals surface area (Å²) in [5.41, 5.74) is 0. The predicted octanol–water partition coefficient (Wildman–Crippen LogP) is 3.07. The Morgan fingerprint density at radius 2 is 1.89 bits per heavy atom. The van der Waals surface area contributed by atoms with Gasteiger partial charge in [-0.15, -0.1) is 11.6 Å². The molecule has 0 saturated heterocycles. The van der Waals surface area contributed by atoms with Gasteiger partial charge in [-0.05, 0) is 44.0 Å². The topological polar surface area (TPSA) is 30.5 Å². The lowest BCUT2D eigenvalue weighted by Gasteiger charge is -2.13. The highest BCUT2D eigenvalue weighted by atomic mass is 35.5. The second kappa shape index (κ2) is 9.06. The van der Waals surface area contributed by atoms with Crippen molar-refractivity contribution in [3.05, 3.63) is 24.3 Å². The third-order valence-electron chi connectivity index (χ3n) is 2.69. The van der Waals surface area contributed by atoms with E-state index in [0.717, 1.165) is 36.8 Å². The largest absolute Gasteiger partial charge is 0.497 e. The molecule has 0 amide bonds. The van der Waals surface area contributed by atoms with Gasteiger partial charge >= 0.3 is 0 Å². The van der Waals surface area contributed by atoms with E-state index in [-0.39, 0.29) is 0 Å². The van der Waals surface area contributed by atoms with Crippen LogP contribution in [0.5, 0.6) is 11.5 Å². The van der Waals surface area contributed by atoms with Gasteiger partial charge in [0.2, 0.25) is 0 Å². The van der Waals surface area contributed by atoms with Crippen LogP contribution in [0.2, 0.25) is 0 Å². The van der Waals surface area contributed by atoms with E-state index in [1.807, 2.05) is 24.3 Å². The highest BCUT2D eigenvalue weighted by Gasteiger charge is 2.00. The molecule has 102 valence electrons. The number of halogens is 1. The summed E-state index contributed by atoms with van der Waals surface area (Å²) in [5.74, 6) is 2.44. The first-order valence-corrected chi connectivity index (χ1v) is 6.86. The van der Waals surface area contributed by atoms with Crippen LogP contribution in [0.15, 0.2) is 24.3 Å². The van der Waals surface area contributed by atoms with Crippen molar-refractivity contribution in [3.8, 4) is 11.5 Å². The molecular formula is C14H22ClNO2. The number of methoxy groups -OCH3 is 1. The lowest BCUT2D eigenvalue weighted by Crippen LogP contribution is -2.30. The third-order valence-corrected chi connectivity index (χ3v) is 2.96. The van der Waals surface area contributed by atoms with E-state index in [4.69, 9.17) is 21.1 Å². The van der Waals surface area contributed by atoms with Gasteiger partial charge in [0.05, 0.1) is 7.11 Å². The van der Waals surface area contributed by atoms with E-state index in [1.54, 1.807) is 7.11 Å². The average Bonchev–Trinajstić information content (AvgIpc) is 2.42. The standard InChI is InChI=1S/C14H22ClNO2/c1-12(4-3-9-15)16-10-11-18-14-7-5-13(17-2)6-8-14/h5-8,12,16H,3-4,9-11H2,1-2H3. The number of nitrogens with one attached hydrogen (secondary N) is 1. The molecule has 0 aromatic heterocycles. The summed E-state index contributed by atoms with van der Waals surface area (Å²) in [6.07, 6.45) is 2.15. The number of hydrogen-bond acceptors (Lipinski definition) is 3. The van der Waals surface area contributed by atoms with E-state index in [0.29, 0.717) is 12.6 Å². The van der Waals surface area contributed by atoms with E-state index < -0.39 is 0 Å². The monoisotopic (exact) mass is 271 g/mol. The van der Waals surface area contributed by atoms with Gasteiger partial charge in [0.15, 0.2) is 0 Å². The van der Waals surface area contributed by atoms with E-state index in [9.17, 15) is 0 Å². The zero-order chi connectivity index (χ0) is 13.2. The number of benzene rings is 1. The molecule has 0 aliphatic carbocycles. The van der Waals surface area contributed by atoms with Gasteiger partial charge in [-0.1, -0.05) is 0 Å². The summed E-state index contributed by atoms with van der Waals surface area (Å²) in [6, 6.07) is 8.10. The highest BCUT2D eigenvalue weighted by molar-refractivity contribution is 6.17. The van der Waals surface area contributed by atoms with E-state index in [2.05, 4.69) is 12.2 Å². The van der Waals surface area contributed by atoms with Crippen molar-refractivity contribution in [1.82, 2.24) is 5.32 Å². The van der Waals surface area contributed by atoms with Crippen molar-refractivity contribution in [2.45, 2.75) is 25.8 Å². The minimum absolute atomic E-state index is 0.489. The quantitative estimate of drug-likeness (QED) is 0.553. The molecule has 1 N–H and O–H groups in total. The van der Waals surface area contributed by atoms with Crippen molar-refractivity contribution in [2.24, 2.45) is 0 Å². The first kappa shape index (κ1) is 15.1. The smallest absolute Gasteiger partial charge is 0.119 e. The normalized spacial score (nSPS) is 12.2. The highest BCUT2D eigenvalue weighted by Crippen LogP contribution is 2.16. The number of alkyl halides is 1. The second-order valence-electron chi connectivity index (χ2n) is 4.21.